The molecule has 1 aromatic rings. The van der Waals surface area contributed by atoms with Crippen molar-refractivity contribution >= 4 is 28.6 Å². The quantitative estimate of drug-likeness (QED) is 0.571. The van der Waals surface area contributed by atoms with Crippen molar-refractivity contribution in [3.05, 3.63) is 27.3 Å². The number of methoxy groups -OCH3 is 1. The molecular formula is C16H23IO3. The molecule has 1 rings (SSSR count). The van der Waals surface area contributed by atoms with Crippen LogP contribution in [0.3, 0.4) is 0 Å². The van der Waals surface area contributed by atoms with Crippen LogP contribution in [0.1, 0.15) is 40.2 Å². The molecule has 0 saturated heterocycles. The van der Waals surface area contributed by atoms with Gasteiger partial charge in [-0.25, -0.2) is 0 Å². The van der Waals surface area contributed by atoms with Gasteiger partial charge in [-0.2, -0.15) is 0 Å². The van der Waals surface area contributed by atoms with E-state index < -0.39 is 11.0 Å². The van der Waals surface area contributed by atoms with Crippen molar-refractivity contribution in [3.8, 4) is 5.75 Å². The van der Waals surface area contributed by atoms with E-state index in [2.05, 4.69) is 22.6 Å². The molecule has 112 valence electrons. The third-order valence-corrected chi connectivity index (χ3v) is 3.66. The highest BCUT2D eigenvalue weighted by atomic mass is 127. The number of carbonyl (C=O) groups excluding carboxylic acids is 1. The summed E-state index contributed by atoms with van der Waals surface area (Å²) in [7, 11) is 1.65. The molecular weight excluding hydrogens is 367 g/mol. The molecule has 0 fully saturated rings. The van der Waals surface area contributed by atoms with Crippen LogP contribution in [0.2, 0.25) is 0 Å². The number of hydrogen-bond donors (Lipinski definition) is 0. The summed E-state index contributed by atoms with van der Waals surface area (Å²) in [6, 6.07) is 5.97. The van der Waals surface area contributed by atoms with Crippen molar-refractivity contribution in [1.82, 2.24) is 0 Å². The number of rotatable bonds is 4. The maximum atomic E-state index is 12.2. The van der Waals surface area contributed by atoms with Crippen molar-refractivity contribution in [2.75, 3.05) is 7.11 Å². The van der Waals surface area contributed by atoms with E-state index in [-0.39, 0.29) is 5.97 Å². The van der Waals surface area contributed by atoms with Crippen LogP contribution in [0, 0.1) is 8.99 Å². The van der Waals surface area contributed by atoms with Crippen LogP contribution >= 0.6 is 22.6 Å². The lowest BCUT2D eigenvalue weighted by Gasteiger charge is -2.28. The predicted molar refractivity (Wildman–Crippen MR) is 89.0 cm³/mol. The molecule has 1 aromatic carbocycles. The standard InChI is InChI=1S/C16H23IO3/c1-15(2,3)20-14(18)16(4,5)10-11-7-8-13(19-6)12(17)9-11/h7-9H,10H2,1-6H3. The summed E-state index contributed by atoms with van der Waals surface area (Å²) in [4.78, 5) is 12.2. The molecule has 20 heavy (non-hydrogen) atoms. The summed E-state index contributed by atoms with van der Waals surface area (Å²) in [5, 5.41) is 0. The maximum absolute atomic E-state index is 12.2. The summed E-state index contributed by atoms with van der Waals surface area (Å²) in [5.41, 5.74) is 0.0965. The zero-order valence-corrected chi connectivity index (χ0v) is 15.2. The minimum Gasteiger partial charge on any atom is -0.496 e. The molecule has 0 bridgehead atoms. The third kappa shape index (κ3) is 4.96. The molecule has 0 unspecified atom stereocenters. The van der Waals surface area contributed by atoms with E-state index in [1.165, 1.54) is 0 Å². The van der Waals surface area contributed by atoms with Gasteiger partial charge in [0.1, 0.15) is 11.4 Å². The van der Waals surface area contributed by atoms with E-state index in [4.69, 9.17) is 9.47 Å². The van der Waals surface area contributed by atoms with Crippen LogP contribution in [0.4, 0.5) is 0 Å². The lowest BCUT2D eigenvalue weighted by molar-refractivity contribution is -0.165. The lowest BCUT2D eigenvalue weighted by atomic mass is 9.85. The Bertz CT molecular complexity index is 487. The minimum atomic E-state index is -0.551. The van der Waals surface area contributed by atoms with Gasteiger partial charge in [0.15, 0.2) is 0 Å². The normalized spacial score (nSPS) is 12.2. The summed E-state index contributed by atoms with van der Waals surface area (Å²) in [6.45, 7) is 9.49. The van der Waals surface area contributed by atoms with Crippen LogP contribution in [0.15, 0.2) is 18.2 Å². The Labute approximate surface area is 135 Å². The predicted octanol–water partition coefficient (Wildman–Crippen LogP) is 4.21. The molecule has 3 nitrogen and oxygen atoms in total. The van der Waals surface area contributed by atoms with Crippen molar-refractivity contribution in [1.29, 1.82) is 0 Å². The summed E-state index contributed by atoms with van der Waals surface area (Å²) >= 11 is 2.24. The second kappa shape index (κ2) is 6.33. The zero-order valence-electron chi connectivity index (χ0n) is 13.0. The average Bonchev–Trinajstić information content (AvgIpc) is 2.26. The van der Waals surface area contributed by atoms with Gasteiger partial charge in [-0.15, -0.1) is 0 Å². The first kappa shape index (κ1) is 17.3. The maximum Gasteiger partial charge on any atom is 0.312 e. The van der Waals surface area contributed by atoms with Gasteiger partial charge in [0.2, 0.25) is 0 Å². The first-order chi connectivity index (χ1) is 9.05. The molecule has 4 heteroatoms. The van der Waals surface area contributed by atoms with Crippen LogP contribution in [-0.2, 0) is 16.0 Å². The van der Waals surface area contributed by atoms with Gasteiger partial charge in [0, 0.05) is 0 Å². The molecule has 0 amide bonds. The lowest BCUT2D eigenvalue weighted by Crippen LogP contribution is -2.35. The molecule has 0 aliphatic heterocycles. The Morgan fingerprint density at radius 3 is 2.25 bits per heavy atom. The molecule has 0 saturated carbocycles. The van der Waals surface area contributed by atoms with Crippen molar-refractivity contribution < 1.29 is 14.3 Å². The van der Waals surface area contributed by atoms with E-state index in [1.54, 1.807) is 7.11 Å². The van der Waals surface area contributed by atoms with Crippen LogP contribution < -0.4 is 4.74 Å². The molecule has 0 radical (unpaired) electrons. The monoisotopic (exact) mass is 390 g/mol. The fraction of sp³-hybridized carbons (Fsp3) is 0.562. The number of esters is 1. The Kier molecular flexibility index (Phi) is 5.46. The SMILES string of the molecule is COc1ccc(CC(C)(C)C(=O)OC(C)(C)C)cc1I. The van der Waals surface area contributed by atoms with Crippen LogP contribution in [0.5, 0.6) is 5.75 Å². The highest BCUT2D eigenvalue weighted by Crippen LogP contribution is 2.29. The second-order valence-corrected chi connectivity index (χ2v) is 7.69. The second-order valence-electron chi connectivity index (χ2n) is 6.53. The van der Waals surface area contributed by atoms with E-state index in [0.29, 0.717) is 6.42 Å². The number of benzene rings is 1. The van der Waals surface area contributed by atoms with Gasteiger partial charge >= 0.3 is 5.97 Å². The number of halogens is 1. The Hall–Kier alpha value is -0.780. The molecule has 0 heterocycles. The molecule has 0 aliphatic carbocycles. The first-order valence-electron chi connectivity index (χ1n) is 6.61. The van der Waals surface area contributed by atoms with Crippen molar-refractivity contribution in [2.45, 2.75) is 46.6 Å². The summed E-state index contributed by atoms with van der Waals surface area (Å²) in [5.74, 6) is 0.681. The van der Waals surface area contributed by atoms with Gasteiger partial charge in [0.05, 0.1) is 16.1 Å². The largest absolute Gasteiger partial charge is 0.496 e. The smallest absolute Gasteiger partial charge is 0.312 e. The fourth-order valence-corrected chi connectivity index (χ4v) is 2.62. The number of ether oxygens (including phenoxy) is 2. The summed E-state index contributed by atoms with van der Waals surface area (Å²) < 4.78 is 11.8. The van der Waals surface area contributed by atoms with Gasteiger partial charge in [0.25, 0.3) is 0 Å². The van der Waals surface area contributed by atoms with Crippen molar-refractivity contribution in [2.24, 2.45) is 5.41 Å². The molecule has 0 aliphatic rings. The Morgan fingerprint density at radius 2 is 1.80 bits per heavy atom. The summed E-state index contributed by atoms with van der Waals surface area (Å²) in [6.07, 6.45) is 0.641. The third-order valence-electron chi connectivity index (χ3n) is 2.81. The van der Waals surface area contributed by atoms with Gasteiger partial charge in [-0.1, -0.05) is 6.07 Å². The van der Waals surface area contributed by atoms with Gasteiger partial charge in [-0.3, -0.25) is 4.79 Å². The van der Waals surface area contributed by atoms with Gasteiger partial charge < -0.3 is 9.47 Å². The van der Waals surface area contributed by atoms with E-state index >= 15 is 0 Å². The number of carbonyl (C=O) groups is 1. The molecule has 0 N–H and O–H groups in total. The average molecular weight is 390 g/mol. The van der Waals surface area contributed by atoms with Crippen LogP contribution in [0.25, 0.3) is 0 Å². The first-order valence-corrected chi connectivity index (χ1v) is 7.69. The Balaban J connectivity index is 2.85. The molecule has 0 atom stereocenters. The van der Waals surface area contributed by atoms with E-state index in [0.717, 1.165) is 14.9 Å². The Morgan fingerprint density at radius 1 is 1.20 bits per heavy atom. The van der Waals surface area contributed by atoms with E-state index in [1.807, 2.05) is 52.8 Å². The molecule has 0 aromatic heterocycles. The van der Waals surface area contributed by atoms with E-state index in [9.17, 15) is 4.79 Å². The fourth-order valence-electron chi connectivity index (χ4n) is 1.82. The van der Waals surface area contributed by atoms with Crippen molar-refractivity contribution in [3.63, 3.8) is 0 Å². The highest BCUT2D eigenvalue weighted by Gasteiger charge is 2.32. The minimum absolute atomic E-state index is 0.171. The van der Waals surface area contributed by atoms with Gasteiger partial charge in [-0.05, 0) is 81.3 Å². The number of hydrogen-bond acceptors (Lipinski definition) is 3. The van der Waals surface area contributed by atoms with Crippen LogP contribution in [-0.4, -0.2) is 18.7 Å². The topological polar surface area (TPSA) is 35.5 Å². The molecule has 0 spiro atoms. The highest BCUT2D eigenvalue weighted by molar-refractivity contribution is 14.1. The zero-order chi connectivity index (χ0) is 15.6.